The monoisotopic (exact) mass is 430 g/mol. The van der Waals surface area contributed by atoms with E-state index in [0.29, 0.717) is 22.6 Å². The first-order chi connectivity index (χ1) is 14.6. The number of esters is 1. The summed E-state index contributed by atoms with van der Waals surface area (Å²) in [6.07, 6.45) is 4.29. The van der Waals surface area contributed by atoms with Gasteiger partial charge in [0.15, 0.2) is 11.6 Å². The Labute approximate surface area is 178 Å². The number of fused-ring (bicyclic) bond motifs is 1. The molecule has 1 aromatic carbocycles. The molecule has 164 valence electrons. The first kappa shape index (κ1) is 22.1. The van der Waals surface area contributed by atoms with Gasteiger partial charge in [-0.15, -0.1) is 0 Å². The van der Waals surface area contributed by atoms with E-state index in [0.717, 1.165) is 12.1 Å². The van der Waals surface area contributed by atoms with Crippen molar-refractivity contribution in [3.63, 3.8) is 0 Å². The molecule has 0 bridgehead atoms. The Kier molecular flexibility index (Phi) is 5.88. The molecule has 1 amide bonds. The predicted octanol–water partition coefficient (Wildman–Crippen LogP) is 3.14. The van der Waals surface area contributed by atoms with E-state index in [-0.39, 0.29) is 24.3 Å². The van der Waals surface area contributed by atoms with Crippen LogP contribution in [0.4, 0.5) is 14.6 Å². The SMILES string of the molecule is CCOC(=O)C1=CN(C(=O)c2ccc(F)c(F)c2)CC(C)(C)c2c1[nH]c(N)c2/C=C\N. The third-order valence-corrected chi connectivity index (χ3v) is 5.05. The quantitative estimate of drug-likeness (QED) is 0.645. The molecule has 1 aliphatic heterocycles. The molecule has 0 unspecified atom stereocenters. The number of carbonyl (C=O) groups excluding carboxylic acids is 2. The molecule has 1 aromatic heterocycles. The van der Waals surface area contributed by atoms with E-state index in [9.17, 15) is 18.4 Å². The van der Waals surface area contributed by atoms with E-state index in [1.54, 1.807) is 13.0 Å². The number of nitrogens with two attached hydrogens (primary N) is 2. The fourth-order valence-electron chi connectivity index (χ4n) is 3.77. The van der Waals surface area contributed by atoms with Crippen LogP contribution in [-0.4, -0.2) is 34.9 Å². The number of nitrogen functional groups attached to an aromatic ring is 1. The molecule has 0 spiro atoms. The Morgan fingerprint density at radius 3 is 2.61 bits per heavy atom. The molecule has 9 heteroatoms. The lowest BCUT2D eigenvalue weighted by Gasteiger charge is -2.30. The van der Waals surface area contributed by atoms with Crippen molar-refractivity contribution >= 4 is 29.3 Å². The lowest BCUT2D eigenvalue weighted by Crippen LogP contribution is -2.37. The number of aromatic nitrogens is 1. The number of nitrogens with one attached hydrogen (secondary N) is 1. The largest absolute Gasteiger partial charge is 0.462 e. The van der Waals surface area contributed by atoms with E-state index < -0.39 is 28.9 Å². The highest BCUT2D eigenvalue weighted by molar-refractivity contribution is 6.17. The number of carbonyl (C=O) groups is 2. The average Bonchev–Trinajstić information content (AvgIpc) is 2.97. The van der Waals surface area contributed by atoms with Crippen molar-refractivity contribution in [3.05, 3.63) is 64.6 Å². The Morgan fingerprint density at radius 2 is 2.00 bits per heavy atom. The zero-order chi connectivity index (χ0) is 22.9. The summed E-state index contributed by atoms with van der Waals surface area (Å²) in [5.41, 5.74) is 12.7. The van der Waals surface area contributed by atoms with E-state index in [1.165, 1.54) is 23.4 Å². The normalized spacial score (nSPS) is 15.4. The fourth-order valence-corrected chi connectivity index (χ4v) is 3.77. The van der Waals surface area contributed by atoms with E-state index >= 15 is 0 Å². The van der Waals surface area contributed by atoms with Gasteiger partial charge in [0.1, 0.15) is 5.82 Å². The lowest BCUT2D eigenvalue weighted by molar-refractivity contribution is -0.136. The molecule has 0 saturated carbocycles. The zero-order valence-corrected chi connectivity index (χ0v) is 17.5. The summed E-state index contributed by atoms with van der Waals surface area (Å²) >= 11 is 0. The highest BCUT2D eigenvalue weighted by Crippen LogP contribution is 2.40. The van der Waals surface area contributed by atoms with Crippen molar-refractivity contribution in [3.8, 4) is 0 Å². The molecule has 0 atom stereocenters. The van der Waals surface area contributed by atoms with Crippen LogP contribution in [0.2, 0.25) is 0 Å². The summed E-state index contributed by atoms with van der Waals surface area (Å²) in [5.74, 6) is -3.13. The summed E-state index contributed by atoms with van der Waals surface area (Å²) in [6.45, 7) is 5.66. The lowest BCUT2D eigenvalue weighted by atomic mass is 9.81. The summed E-state index contributed by atoms with van der Waals surface area (Å²) in [4.78, 5) is 30.2. The second-order valence-corrected chi connectivity index (χ2v) is 7.77. The number of anilines is 1. The van der Waals surface area contributed by atoms with E-state index in [2.05, 4.69) is 4.98 Å². The van der Waals surface area contributed by atoms with Gasteiger partial charge < -0.3 is 26.1 Å². The van der Waals surface area contributed by atoms with Crippen molar-refractivity contribution in [2.24, 2.45) is 5.73 Å². The van der Waals surface area contributed by atoms with Crippen LogP contribution in [0.5, 0.6) is 0 Å². The Hall–Kier alpha value is -3.62. The molecular weight excluding hydrogens is 406 g/mol. The molecule has 0 saturated heterocycles. The molecule has 31 heavy (non-hydrogen) atoms. The van der Waals surface area contributed by atoms with E-state index in [1.807, 2.05) is 13.8 Å². The number of hydrogen-bond donors (Lipinski definition) is 3. The van der Waals surface area contributed by atoms with Gasteiger partial charge in [0.2, 0.25) is 0 Å². The third-order valence-electron chi connectivity index (χ3n) is 5.05. The first-order valence-electron chi connectivity index (χ1n) is 9.66. The Morgan fingerprint density at radius 1 is 1.29 bits per heavy atom. The standard InChI is InChI=1S/C22H24F2N4O3/c1-4-31-21(30)14-10-28(20(29)12-5-6-15(23)16(24)9-12)11-22(2,3)17-13(7-8-25)19(26)27-18(14)17/h5-10,27H,4,11,25-26H2,1-3H3/b8-7-. The van der Waals surface area contributed by atoms with Gasteiger partial charge in [-0.1, -0.05) is 13.8 Å². The minimum Gasteiger partial charge on any atom is -0.462 e. The second-order valence-electron chi connectivity index (χ2n) is 7.77. The molecule has 5 N–H and O–H groups in total. The number of hydrogen-bond acceptors (Lipinski definition) is 5. The number of rotatable bonds is 4. The number of ether oxygens (including phenoxy) is 1. The molecule has 0 fully saturated rings. The Bertz CT molecular complexity index is 1100. The first-order valence-corrected chi connectivity index (χ1v) is 9.66. The van der Waals surface area contributed by atoms with Crippen LogP contribution in [0.3, 0.4) is 0 Å². The van der Waals surface area contributed by atoms with Crippen molar-refractivity contribution in [1.29, 1.82) is 0 Å². The molecule has 1 aliphatic rings. The van der Waals surface area contributed by atoms with Crippen LogP contribution < -0.4 is 11.5 Å². The summed E-state index contributed by atoms with van der Waals surface area (Å²) < 4.78 is 32.2. The number of aromatic amines is 1. The number of amides is 1. The summed E-state index contributed by atoms with van der Waals surface area (Å²) in [6, 6.07) is 2.90. The van der Waals surface area contributed by atoms with Gasteiger partial charge in [0.25, 0.3) is 5.91 Å². The number of benzene rings is 1. The van der Waals surface area contributed by atoms with Crippen LogP contribution in [0, 0.1) is 11.6 Å². The van der Waals surface area contributed by atoms with Gasteiger partial charge in [0.05, 0.1) is 17.9 Å². The molecule has 2 aromatic rings. The fraction of sp³-hybridized carbons (Fsp3) is 0.273. The molecule has 2 heterocycles. The highest BCUT2D eigenvalue weighted by atomic mass is 19.2. The minimum absolute atomic E-state index is 0.0543. The van der Waals surface area contributed by atoms with Gasteiger partial charge in [-0.05, 0) is 43.0 Å². The number of nitrogens with zero attached hydrogens (tertiary/aromatic N) is 1. The second kappa shape index (κ2) is 8.25. The van der Waals surface area contributed by atoms with Crippen molar-refractivity contribution in [1.82, 2.24) is 9.88 Å². The van der Waals surface area contributed by atoms with Crippen LogP contribution in [0.25, 0.3) is 11.6 Å². The van der Waals surface area contributed by atoms with Crippen LogP contribution in [0.1, 0.15) is 48.0 Å². The predicted molar refractivity (Wildman–Crippen MR) is 113 cm³/mol. The number of H-pyrrole nitrogens is 1. The smallest absolute Gasteiger partial charge is 0.341 e. The zero-order valence-electron chi connectivity index (χ0n) is 17.5. The number of halogens is 2. The van der Waals surface area contributed by atoms with Gasteiger partial charge in [-0.25, -0.2) is 13.6 Å². The highest BCUT2D eigenvalue weighted by Gasteiger charge is 2.38. The average molecular weight is 430 g/mol. The topological polar surface area (TPSA) is 114 Å². The van der Waals surface area contributed by atoms with Gasteiger partial charge >= 0.3 is 5.97 Å². The van der Waals surface area contributed by atoms with Crippen molar-refractivity contribution in [2.45, 2.75) is 26.2 Å². The summed E-state index contributed by atoms with van der Waals surface area (Å²) in [7, 11) is 0. The maximum absolute atomic E-state index is 13.7. The van der Waals surface area contributed by atoms with Gasteiger partial charge in [0, 0.05) is 29.3 Å². The van der Waals surface area contributed by atoms with Gasteiger partial charge in [-0.2, -0.15) is 0 Å². The maximum Gasteiger partial charge on any atom is 0.341 e. The molecule has 3 rings (SSSR count). The van der Waals surface area contributed by atoms with Gasteiger partial charge in [-0.3, -0.25) is 4.79 Å². The maximum atomic E-state index is 13.7. The van der Waals surface area contributed by atoms with Crippen LogP contribution in [-0.2, 0) is 14.9 Å². The van der Waals surface area contributed by atoms with E-state index in [4.69, 9.17) is 16.2 Å². The van der Waals surface area contributed by atoms with Crippen molar-refractivity contribution < 1.29 is 23.1 Å². The molecule has 0 aliphatic carbocycles. The third kappa shape index (κ3) is 4.03. The Balaban J connectivity index is 2.19. The molecule has 0 radical (unpaired) electrons. The van der Waals surface area contributed by atoms with Crippen molar-refractivity contribution in [2.75, 3.05) is 18.9 Å². The molecular formula is C22H24F2N4O3. The van der Waals surface area contributed by atoms with Crippen LogP contribution >= 0.6 is 0 Å². The minimum atomic E-state index is -1.14. The summed E-state index contributed by atoms with van der Waals surface area (Å²) in [5, 5.41) is 0. The molecule has 7 nitrogen and oxygen atoms in total. The van der Waals surface area contributed by atoms with Crippen LogP contribution in [0.15, 0.2) is 30.6 Å².